The van der Waals surface area contributed by atoms with Crippen molar-refractivity contribution in [2.45, 2.75) is 76.0 Å². The highest BCUT2D eigenvalue weighted by atomic mass is 19.4. The maximum absolute atomic E-state index is 12.7. The van der Waals surface area contributed by atoms with Gasteiger partial charge >= 0.3 is 12.1 Å². The number of rotatable bonds is 4. The molecule has 0 spiro atoms. The minimum absolute atomic E-state index is 0.00579. The van der Waals surface area contributed by atoms with Crippen LogP contribution < -0.4 is 0 Å². The minimum atomic E-state index is -4.11. The van der Waals surface area contributed by atoms with Crippen molar-refractivity contribution in [3.05, 3.63) is 0 Å². The van der Waals surface area contributed by atoms with Crippen molar-refractivity contribution in [2.75, 3.05) is 6.54 Å². The number of likely N-dealkylation sites (tertiary alicyclic amines) is 1. The first kappa shape index (κ1) is 16.6. The van der Waals surface area contributed by atoms with Crippen LogP contribution in [-0.2, 0) is 4.79 Å². The summed E-state index contributed by atoms with van der Waals surface area (Å²) in [5, 5.41) is 9.66. The molecule has 2 rings (SSSR count). The molecule has 0 aromatic heterocycles. The Hall–Kier alpha value is -0.780. The van der Waals surface area contributed by atoms with Crippen molar-refractivity contribution in [3.63, 3.8) is 0 Å². The highest BCUT2D eigenvalue weighted by Gasteiger charge is 2.51. The molecule has 1 aliphatic heterocycles. The third-order valence-electron chi connectivity index (χ3n) is 5.20. The molecule has 1 N–H and O–H groups in total. The Bertz CT molecular complexity index is 378. The van der Waals surface area contributed by atoms with E-state index in [-0.39, 0.29) is 18.9 Å². The van der Waals surface area contributed by atoms with E-state index in [9.17, 15) is 23.1 Å². The molecule has 0 aromatic carbocycles. The molecular formula is C15H24F3NO2. The van der Waals surface area contributed by atoms with Gasteiger partial charge in [0, 0.05) is 6.04 Å². The zero-order valence-electron chi connectivity index (χ0n) is 12.5. The van der Waals surface area contributed by atoms with E-state index in [0.717, 1.165) is 12.8 Å². The third-order valence-corrected chi connectivity index (χ3v) is 5.20. The number of alkyl halides is 3. The van der Waals surface area contributed by atoms with E-state index >= 15 is 0 Å². The van der Waals surface area contributed by atoms with E-state index in [1.54, 1.807) is 0 Å². The molecule has 1 saturated carbocycles. The number of aliphatic carboxylic acids is 1. The molecular weight excluding hydrogens is 283 g/mol. The van der Waals surface area contributed by atoms with Gasteiger partial charge in [-0.3, -0.25) is 9.69 Å². The number of carboxylic acid groups (broad SMARTS) is 1. The number of halogens is 3. The van der Waals surface area contributed by atoms with Gasteiger partial charge in [0.15, 0.2) is 0 Å². The lowest BCUT2D eigenvalue weighted by molar-refractivity contribution is -0.186. The van der Waals surface area contributed by atoms with Gasteiger partial charge in [0.05, 0.1) is 5.92 Å². The van der Waals surface area contributed by atoms with Gasteiger partial charge in [0.1, 0.15) is 5.54 Å². The molecule has 1 aliphatic carbocycles. The number of carbonyl (C=O) groups is 1. The smallest absolute Gasteiger partial charge is 0.391 e. The van der Waals surface area contributed by atoms with Gasteiger partial charge in [-0.2, -0.15) is 13.2 Å². The first-order valence-corrected chi connectivity index (χ1v) is 7.88. The fourth-order valence-electron chi connectivity index (χ4n) is 4.17. The first-order chi connectivity index (χ1) is 9.81. The van der Waals surface area contributed by atoms with Crippen LogP contribution in [0.1, 0.15) is 58.3 Å². The normalized spacial score (nSPS) is 35.0. The molecule has 2 fully saturated rings. The summed E-state index contributed by atoms with van der Waals surface area (Å²) in [4.78, 5) is 13.8. The van der Waals surface area contributed by atoms with Crippen LogP contribution in [0.2, 0.25) is 0 Å². The van der Waals surface area contributed by atoms with Crippen LogP contribution in [0.3, 0.4) is 0 Å². The maximum Gasteiger partial charge on any atom is 0.391 e. The summed E-state index contributed by atoms with van der Waals surface area (Å²) < 4.78 is 38.2. The topological polar surface area (TPSA) is 40.5 Å². The van der Waals surface area contributed by atoms with Crippen LogP contribution in [0.4, 0.5) is 13.2 Å². The summed E-state index contributed by atoms with van der Waals surface area (Å²) in [6.45, 7) is 2.66. The van der Waals surface area contributed by atoms with Gasteiger partial charge in [-0.15, -0.1) is 0 Å². The highest BCUT2D eigenvalue weighted by molar-refractivity contribution is 5.79. The fraction of sp³-hybridized carbons (Fsp3) is 0.933. The van der Waals surface area contributed by atoms with Crippen LogP contribution in [-0.4, -0.2) is 40.3 Å². The van der Waals surface area contributed by atoms with Gasteiger partial charge in [-0.1, -0.05) is 13.3 Å². The number of hydrogen-bond donors (Lipinski definition) is 1. The van der Waals surface area contributed by atoms with Gasteiger partial charge in [0.2, 0.25) is 0 Å². The van der Waals surface area contributed by atoms with Crippen molar-refractivity contribution in [1.29, 1.82) is 0 Å². The monoisotopic (exact) mass is 307 g/mol. The lowest BCUT2D eigenvalue weighted by Gasteiger charge is -2.43. The van der Waals surface area contributed by atoms with E-state index < -0.39 is 23.6 Å². The molecule has 1 unspecified atom stereocenters. The second kappa shape index (κ2) is 6.15. The quantitative estimate of drug-likeness (QED) is 0.858. The lowest BCUT2D eigenvalue weighted by Crippen LogP contribution is -2.55. The molecule has 0 amide bonds. The van der Waals surface area contributed by atoms with E-state index in [4.69, 9.17) is 0 Å². The van der Waals surface area contributed by atoms with Gasteiger partial charge in [-0.05, 0) is 51.5 Å². The predicted octanol–water partition coefficient (Wildman–Crippen LogP) is 3.83. The summed E-state index contributed by atoms with van der Waals surface area (Å²) >= 11 is 0. The summed E-state index contributed by atoms with van der Waals surface area (Å²) in [5.41, 5.74) is -0.843. The number of carboxylic acids is 1. The Labute approximate surface area is 123 Å². The Balaban J connectivity index is 2.06. The predicted molar refractivity (Wildman–Crippen MR) is 73.0 cm³/mol. The van der Waals surface area contributed by atoms with E-state index in [0.29, 0.717) is 32.2 Å². The zero-order valence-corrected chi connectivity index (χ0v) is 12.5. The molecule has 3 nitrogen and oxygen atoms in total. The molecule has 0 bridgehead atoms. The molecule has 2 aliphatic rings. The van der Waals surface area contributed by atoms with Crippen LogP contribution in [0.25, 0.3) is 0 Å². The van der Waals surface area contributed by atoms with Gasteiger partial charge in [0.25, 0.3) is 0 Å². The number of nitrogens with zero attached hydrogens (tertiary/aromatic N) is 1. The van der Waals surface area contributed by atoms with Crippen LogP contribution in [0.15, 0.2) is 0 Å². The lowest BCUT2D eigenvalue weighted by atomic mass is 9.82. The summed E-state index contributed by atoms with van der Waals surface area (Å²) in [7, 11) is 0. The molecule has 122 valence electrons. The number of hydrogen-bond acceptors (Lipinski definition) is 2. The van der Waals surface area contributed by atoms with Gasteiger partial charge in [-0.25, -0.2) is 0 Å². The van der Waals surface area contributed by atoms with Crippen LogP contribution >= 0.6 is 0 Å². The maximum atomic E-state index is 12.7. The average molecular weight is 307 g/mol. The van der Waals surface area contributed by atoms with Crippen LogP contribution in [0.5, 0.6) is 0 Å². The Morgan fingerprint density at radius 2 is 1.90 bits per heavy atom. The Morgan fingerprint density at radius 3 is 2.38 bits per heavy atom. The fourth-order valence-corrected chi connectivity index (χ4v) is 4.17. The third kappa shape index (κ3) is 3.20. The molecule has 1 heterocycles. The Morgan fingerprint density at radius 1 is 1.29 bits per heavy atom. The van der Waals surface area contributed by atoms with Crippen molar-refractivity contribution in [1.82, 2.24) is 4.90 Å². The van der Waals surface area contributed by atoms with Crippen molar-refractivity contribution in [2.24, 2.45) is 5.92 Å². The molecule has 0 radical (unpaired) electrons. The van der Waals surface area contributed by atoms with E-state index in [1.807, 2.05) is 11.8 Å². The molecule has 21 heavy (non-hydrogen) atoms. The van der Waals surface area contributed by atoms with Crippen LogP contribution in [0, 0.1) is 5.92 Å². The summed E-state index contributed by atoms with van der Waals surface area (Å²) in [6.07, 6.45) is -0.114. The minimum Gasteiger partial charge on any atom is -0.480 e. The average Bonchev–Trinajstić information content (AvgIpc) is 2.83. The van der Waals surface area contributed by atoms with E-state index in [2.05, 4.69) is 0 Å². The highest BCUT2D eigenvalue weighted by Crippen LogP contribution is 2.43. The van der Waals surface area contributed by atoms with Gasteiger partial charge < -0.3 is 5.11 Å². The summed E-state index contributed by atoms with van der Waals surface area (Å²) in [6, 6.07) is -0.00579. The standard InChI is InChI=1S/C15H24F3NO2/c1-2-8-14(13(20)21)9-3-10-19(14)12-6-4-11(5-7-12)15(16,17)18/h11-12H,2-10H2,1H3,(H,20,21). The SMILES string of the molecule is CCCC1(C(=O)O)CCCN1C1CCC(C(F)(F)F)CC1. The molecule has 1 saturated heterocycles. The summed E-state index contributed by atoms with van der Waals surface area (Å²) in [5.74, 6) is -2.01. The molecule has 6 heteroatoms. The van der Waals surface area contributed by atoms with Crippen molar-refractivity contribution < 1.29 is 23.1 Å². The van der Waals surface area contributed by atoms with E-state index in [1.165, 1.54) is 0 Å². The second-order valence-corrected chi connectivity index (χ2v) is 6.43. The first-order valence-electron chi connectivity index (χ1n) is 7.88. The zero-order chi connectivity index (χ0) is 15.7. The Kier molecular flexibility index (Phi) is 4.85. The largest absolute Gasteiger partial charge is 0.480 e. The second-order valence-electron chi connectivity index (χ2n) is 6.43. The van der Waals surface area contributed by atoms with Crippen molar-refractivity contribution in [3.8, 4) is 0 Å². The molecule has 1 atom stereocenters. The van der Waals surface area contributed by atoms with Crippen molar-refractivity contribution >= 4 is 5.97 Å². The molecule has 0 aromatic rings.